The van der Waals surface area contributed by atoms with Crippen molar-refractivity contribution >= 4 is 0 Å². The number of rotatable bonds is 7. The van der Waals surface area contributed by atoms with Gasteiger partial charge in [0.05, 0.1) is 0 Å². The molecule has 0 heterocycles. The molecule has 0 radical (unpaired) electrons. The van der Waals surface area contributed by atoms with Crippen molar-refractivity contribution in [3.63, 3.8) is 0 Å². The highest BCUT2D eigenvalue weighted by atomic mass is 19.2. The molecule has 0 saturated heterocycles. The summed E-state index contributed by atoms with van der Waals surface area (Å²) in [5.41, 5.74) is 3.04. The molecule has 2 heteroatoms. The van der Waals surface area contributed by atoms with E-state index in [0.717, 1.165) is 23.8 Å². The summed E-state index contributed by atoms with van der Waals surface area (Å²) >= 11 is 0. The molecule has 33 heavy (non-hydrogen) atoms. The molecular formula is C31H42F2. The van der Waals surface area contributed by atoms with Gasteiger partial charge in [0.25, 0.3) is 0 Å². The first-order valence-electron chi connectivity index (χ1n) is 13.5. The van der Waals surface area contributed by atoms with Crippen molar-refractivity contribution in [2.24, 2.45) is 17.8 Å². The van der Waals surface area contributed by atoms with Crippen molar-refractivity contribution < 1.29 is 8.78 Å². The Morgan fingerprint density at radius 1 is 0.788 bits per heavy atom. The maximum atomic E-state index is 15.1. The van der Waals surface area contributed by atoms with Crippen molar-refractivity contribution in [3.05, 3.63) is 59.2 Å². The summed E-state index contributed by atoms with van der Waals surface area (Å²) in [5.74, 6) is 1.67. The first kappa shape index (κ1) is 24.4. The van der Waals surface area contributed by atoms with E-state index in [1.807, 2.05) is 18.2 Å². The van der Waals surface area contributed by atoms with Crippen molar-refractivity contribution in [2.75, 3.05) is 0 Å². The lowest BCUT2D eigenvalue weighted by atomic mass is 9.77. The van der Waals surface area contributed by atoms with Gasteiger partial charge in [0.15, 0.2) is 11.6 Å². The quantitative estimate of drug-likeness (QED) is 0.392. The van der Waals surface area contributed by atoms with Crippen LogP contribution in [0.25, 0.3) is 11.1 Å². The number of hydrogen-bond acceptors (Lipinski definition) is 0. The van der Waals surface area contributed by atoms with Gasteiger partial charge in [0.2, 0.25) is 0 Å². The Morgan fingerprint density at radius 3 is 2.06 bits per heavy atom. The molecule has 0 aromatic heterocycles. The van der Waals surface area contributed by atoms with Crippen LogP contribution in [0.5, 0.6) is 0 Å². The van der Waals surface area contributed by atoms with Crippen molar-refractivity contribution in [3.8, 4) is 11.1 Å². The predicted octanol–water partition coefficient (Wildman–Crippen LogP) is 10.0. The largest absolute Gasteiger partial charge is 0.203 e. The van der Waals surface area contributed by atoms with Gasteiger partial charge in [-0.2, -0.15) is 0 Å². The smallest absolute Gasteiger partial charge is 0.166 e. The molecule has 2 aromatic carbocycles. The molecule has 4 rings (SSSR count). The van der Waals surface area contributed by atoms with E-state index in [4.69, 9.17) is 0 Å². The molecular weight excluding hydrogens is 410 g/mol. The van der Waals surface area contributed by atoms with Gasteiger partial charge in [-0.25, -0.2) is 8.78 Å². The molecule has 2 aromatic rings. The lowest BCUT2D eigenvalue weighted by Gasteiger charge is -2.29. The molecule has 0 aliphatic heterocycles. The highest BCUT2D eigenvalue weighted by molar-refractivity contribution is 5.65. The number of halogens is 2. The van der Waals surface area contributed by atoms with Gasteiger partial charge in [0.1, 0.15) is 0 Å². The van der Waals surface area contributed by atoms with E-state index in [-0.39, 0.29) is 5.92 Å². The monoisotopic (exact) mass is 452 g/mol. The first-order chi connectivity index (χ1) is 16.0. The van der Waals surface area contributed by atoms with Crippen LogP contribution in [0, 0.1) is 29.4 Å². The Bertz CT molecular complexity index is 884. The zero-order valence-corrected chi connectivity index (χ0v) is 20.9. The third-order valence-corrected chi connectivity index (χ3v) is 8.70. The van der Waals surface area contributed by atoms with Gasteiger partial charge in [-0.3, -0.25) is 0 Å². The Balaban J connectivity index is 1.42. The van der Waals surface area contributed by atoms with E-state index in [0.29, 0.717) is 23.0 Å². The maximum Gasteiger partial charge on any atom is 0.166 e. The lowest BCUT2D eigenvalue weighted by molar-refractivity contribution is 0.266. The Kier molecular flexibility index (Phi) is 8.25. The fourth-order valence-electron chi connectivity index (χ4n) is 6.49. The maximum absolute atomic E-state index is 15.1. The highest BCUT2D eigenvalue weighted by Gasteiger charge is 2.25. The number of benzene rings is 2. The molecule has 0 nitrogen and oxygen atoms in total. The van der Waals surface area contributed by atoms with Gasteiger partial charge in [-0.1, -0.05) is 95.7 Å². The summed E-state index contributed by atoms with van der Waals surface area (Å²) in [6, 6.07) is 11.9. The molecule has 0 N–H and O–H groups in total. The third kappa shape index (κ3) is 5.87. The Labute approximate surface area is 200 Å². The molecule has 0 spiro atoms. The van der Waals surface area contributed by atoms with Gasteiger partial charge in [-0.15, -0.1) is 0 Å². The second kappa shape index (κ2) is 11.2. The molecule has 1 atom stereocenters. The minimum absolute atomic E-state index is 0.0529. The second-order valence-electron chi connectivity index (χ2n) is 11.2. The van der Waals surface area contributed by atoms with Gasteiger partial charge < -0.3 is 0 Å². The zero-order valence-electron chi connectivity index (χ0n) is 20.9. The minimum atomic E-state index is -0.690. The van der Waals surface area contributed by atoms with E-state index in [1.54, 1.807) is 6.07 Å². The minimum Gasteiger partial charge on any atom is -0.203 e. The third-order valence-electron chi connectivity index (χ3n) is 8.70. The highest BCUT2D eigenvalue weighted by Crippen LogP contribution is 2.39. The van der Waals surface area contributed by atoms with E-state index in [9.17, 15) is 0 Å². The van der Waals surface area contributed by atoms with E-state index in [1.165, 1.54) is 69.8 Å². The van der Waals surface area contributed by atoms with Gasteiger partial charge >= 0.3 is 0 Å². The lowest BCUT2D eigenvalue weighted by Crippen LogP contribution is -2.15. The molecule has 2 aliphatic rings. The van der Waals surface area contributed by atoms with Crippen LogP contribution in [-0.2, 0) is 0 Å². The average Bonchev–Trinajstić information content (AvgIpc) is 2.83. The van der Waals surface area contributed by atoms with Crippen LogP contribution in [0.15, 0.2) is 36.4 Å². The van der Waals surface area contributed by atoms with Crippen LogP contribution in [-0.4, -0.2) is 0 Å². The molecule has 180 valence electrons. The fraction of sp³-hybridized carbons (Fsp3) is 0.613. The topological polar surface area (TPSA) is 0 Å². The van der Waals surface area contributed by atoms with Crippen molar-refractivity contribution in [2.45, 2.75) is 103 Å². The SMILES string of the molecule is CCCC1CCC(c2ccc(-c3ccc([C@H](C)CC4CCC(C)CC4)c(F)c3F)cc2)CC1. The normalized spacial score (nSPS) is 26.8. The standard InChI is InChI=1S/C31H42F2/c1-4-5-23-10-12-25(13-11-23)26-14-16-27(17-15-26)29-19-18-28(30(32)31(29)33)22(3)20-24-8-6-21(2)7-9-24/h14-19,21-25H,4-13,20H2,1-3H3/t21?,22-,23?,24?,25?/m1/s1. The van der Waals surface area contributed by atoms with Crippen LogP contribution in [0.3, 0.4) is 0 Å². The van der Waals surface area contributed by atoms with Crippen molar-refractivity contribution in [1.82, 2.24) is 0 Å². The van der Waals surface area contributed by atoms with Crippen LogP contribution in [0.1, 0.15) is 114 Å². The van der Waals surface area contributed by atoms with Crippen LogP contribution < -0.4 is 0 Å². The molecule has 2 aliphatic carbocycles. The molecule has 2 fully saturated rings. The van der Waals surface area contributed by atoms with E-state index < -0.39 is 11.6 Å². The summed E-state index contributed by atoms with van der Waals surface area (Å²) in [4.78, 5) is 0. The first-order valence-corrected chi connectivity index (χ1v) is 13.5. The fourth-order valence-corrected chi connectivity index (χ4v) is 6.49. The van der Waals surface area contributed by atoms with E-state index in [2.05, 4.69) is 32.9 Å². The number of hydrogen-bond donors (Lipinski definition) is 0. The van der Waals surface area contributed by atoms with Crippen LogP contribution in [0.4, 0.5) is 8.78 Å². The van der Waals surface area contributed by atoms with Crippen molar-refractivity contribution in [1.29, 1.82) is 0 Å². The summed E-state index contributed by atoms with van der Waals surface area (Å²) in [5, 5.41) is 0. The molecule has 2 saturated carbocycles. The summed E-state index contributed by atoms with van der Waals surface area (Å²) in [6.45, 7) is 6.65. The van der Waals surface area contributed by atoms with Gasteiger partial charge in [0, 0.05) is 5.56 Å². The summed E-state index contributed by atoms with van der Waals surface area (Å²) < 4.78 is 30.2. The molecule has 0 amide bonds. The Morgan fingerprint density at radius 2 is 1.42 bits per heavy atom. The summed E-state index contributed by atoms with van der Waals surface area (Å²) in [6.07, 6.45) is 13.7. The predicted molar refractivity (Wildman–Crippen MR) is 136 cm³/mol. The van der Waals surface area contributed by atoms with Gasteiger partial charge in [-0.05, 0) is 78.4 Å². The molecule has 0 unspecified atom stereocenters. The Hall–Kier alpha value is -1.70. The summed E-state index contributed by atoms with van der Waals surface area (Å²) in [7, 11) is 0. The van der Waals surface area contributed by atoms with E-state index >= 15 is 8.78 Å². The molecule has 0 bridgehead atoms. The average molecular weight is 453 g/mol. The van der Waals surface area contributed by atoms with Crippen LogP contribution >= 0.6 is 0 Å². The zero-order chi connectivity index (χ0) is 23.4. The second-order valence-corrected chi connectivity index (χ2v) is 11.2. The van der Waals surface area contributed by atoms with Crippen LogP contribution in [0.2, 0.25) is 0 Å².